The average molecular weight is 492 g/mol. The molecule has 4 N–H and O–H groups in total. The van der Waals surface area contributed by atoms with Crippen LogP contribution in [-0.2, 0) is 24.5 Å². The van der Waals surface area contributed by atoms with Gasteiger partial charge in [0.25, 0.3) is 0 Å². The number of carbonyl (C=O) groups is 2. The van der Waals surface area contributed by atoms with Gasteiger partial charge in [0.2, 0.25) is 11.8 Å². The van der Waals surface area contributed by atoms with Crippen molar-refractivity contribution in [1.29, 1.82) is 5.26 Å². The van der Waals surface area contributed by atoms with E-state index in [1.54, 1.807) is 56.7 Å². The summed E-state index contributed by atoms with van der Waals surface area (Å²) < 4.78 is 21.8. The molecular formula is C25H25N5O6. The Kier molecular flexibility index (Phi) is 5.70. The summed E-state index contributed by atoms with van der Waals surface area (Å²) in [5.74, 6) is -0.779. The minimum atomic E-state index is -1.55. The zero-order valence-electron chi connectivity index (χ0n) is 19.9. The lowest BCUT2D eigenvalue weighted by Gasteiger charge is -2.42. The smallest absolute Gasteiger partial charge is 0.325 e. The number of hydrogen-bond donors (Lipinski definition) is 3. The SMILES string of the molecule is COC(=O)CN1C(=O)C2(C(C#N)=C(N)OC3NNC(c4cc(OC)ccc4OC)C32)c2ccccc21. The molecule has 0 aromatic heterocycles. The Morgan fingerprint density at radius 3 is 2.67 bits per heavy atom. The van der Waals surface area contributed by atoms with Crippen LogP contribution in [0.25, 0.3) is 0 Å². The number of nitrogens with one attached hydrogen (secondary N) is 2. The maximum atomic E-state index is 14.4. The highest BCUT2D eigenvalue weighted by Crippen LogP contribution is 2.58. The fourth-order valence-electron chi connectivity index (χ4n) is 5.55. The van der Waals surface area contributed by atoms with E-state index in [4.69, 9.17) is 24.7 Å². The normalized spacial score (nSPS) is 26.2. The first kappa shape index (κ1) is 23.5. The molecule has 5 rings (SSSR count). The van der Waals surface area contributed by atoms with Crippen LogP contribution in [0, 0.1) is 17.2 Å². The van der Waals surface area contributed by atoms with Crippen LogP contribution in [0.2, 0.25) is 0 Å². The van der Waals surface area contributed by atoms with E-state index >= 15 is 0 Å². The van der Waals surface area contributed by atoms with Gasteiger partial charge in [0.1, 0.15) is 35.1 Å². The quantitative estimate of drug-likeness (QED) is 0.517. The third-order valence-corrected chi connectivity index (χ3v) is 7.06. The van der Waals surface area contributed by atoms with Crippen molar-refractivity contribution in [1.82, 2.24) is 10.9 Å². The van der Waals surface area contributed by atoms with Gasteiger partial charge in [0.05, 0.1) is 33.3 Å². The van der Waals surface area contributed by atoms with Gasteiger partial charge in [-0.3, -0.25) is 14.5 Å². The minimum absolute atomic E-state index is 0.0223. The van der Waals surface area contributed by atoms with Gasteiger partial charge in [-0.1, -0.05) is 18.2 Å². The second kappa shape index (κ2) is 8.75. The Morgan fingerprint density at radius 1 is 1.19 bits per heavy atom. The number of nitriles is 1. The third-order valence-electron chi connectivity index (χ3n) is 7.06. The molecule has 4 unspecified atom stereocenters. The fourth-order valence-corrected chi connectivity index (χ4v) is 5.55. The summed E-state index contributed by atoms with van der Waals surface area (Å²) in [6, 6.07) is 13.9. The second-order valence-electron chi connectivity index (χ2n) is 8.58. The summed E-state index contributed by atoms with van der Waals surface area (Å²) in [6.07, 6.45) is -0.780. The summed E-state index contributed by atoms with van der Waals surface area (Å²) in [5.41, 5.74) is 12.7. The Labute approximate surface area is 207 Å². The van der Waals surface area contributed by atoms with Crippen molar-refractivity contribution >= 4 is 17.6 Å². The maximum absolute atomic E-state index is 14.4. The number of nitrogens with zero attached hydrogens (tertiary/aromatic N) is 2. The predicted octanol–water partition coefficient (Wildman–Crippen LogP) is 0.977. The topological polar surface area (TPSA) is 148 Å². The number of fused-ring (bicyclic) bond motifs is 4. The van der Waals surface area contributed by atoms with Crippen molar-refractivity contribution in [2.75, 3.05) is 32.8 Å². The molecule has 1 saturated heterocycles. The first-order valence-corrected chi connectivity index (χ1v) is 11.2. The summed E-state index contributed by atoms with van der Waals surface area (Å²) in [4.78, 5) is 28.0. The van der Waals surface area contributed by atoms with Gasteiger partial charge in [-0.05, 0) is 29.8 Å². The van der Waals surface area contributed by atoms with Gasteiger partial charge in [-0.2, -0.15) is 5.26 Å². The lowest BCUT2D eigenvalue weighted by Crippen LogP contribution is -2.56. The molecule has 11 nitrogen and oxygen atoms in total. The highest BCUT2D eigenvalue weighted by molar-refractivity contribution is 6.13. The number of ether oxygens (including phenoxy) is 4. The van der Waals surface area contributed by atoms with Crippen LogP contribution < -0.4 is 31.0 Å². The van der Waals surface area contributed by atoms with Crippen LogP contribution in [0.4, 0.5) is 5.69 Å². The third kappa shape index (κ3) is 3.12. The number of benzene rings is 2. The first-order chi connectivity index (χ1) is 17.4. The molecule has 1 fully saturated rings. The Morgan fingerprint density at radius 2 is 1.97 bits per heavy atom. The molecule has 2 aromatic rings. The van der Waals surface area contributed by atoms with E-state index in [0.29, 0.717) is 28.3 Å². The highest BCUT2D eigenvalue weighted by atomic mass is 16.5. The molecule has 1 amide bonds. The number of hydrogen-bond acceptors (Lipinski definition) is 10. The number of carbonyl (C=O) groups excluding carboxylic acids is 2. The number of anilines is 1. The second-order valence-corrected chi connectivity index (χ2v) is 8.58. The lowest BCUT2D eigenvalue weighted by molar-refractivity contribution is -0.140. The van der Waals surface area contributed by atoms with Gasteiger partial charge >= 0.3 is 5.97 Å². The summed E-state index contributed by atoms with van der Waals surface area (Å²) in [7, 11) is 4.35. The molecule has 3 heterocycles. The standard InChI is InChI=1S/C25H25N5O6/c1-33-13-8-9-18(34-2)14(10-13)21-20-23(29-28-21)36-22(27)16(11-26)25(20)15-6-4-5-7-17(15)30(24(25)32)12-19(31)35-3/h4-10,20-21,23,28-29H,12,27H2,1-3H3. The molecule has 11 heteroatoms. The van der Waals surface area contributed by atoms with Crippen molar-refractivity contribution in [3.63, 3.8) is 0 Å². The number of nitrogens with two attached hydrogens (primary N) is 1. The number of rotatable bonds is 5. The molecule has 4 atom stereocenters. The molecule has 2 aromatic carbocycles. The molecule has 1 spiro atoms. The Balaban J connectivity index is 1.77. The van der Waals surface area contributed by atoms with E-state index in [0.717, 1.165) is 0 Å². The van der Waals surface area contributed by atoms with Crippen molar-refractivity contribution in [3.05, 3.63) is 65.0 Å². The van der Waals surface area contributed by atoms with E-state index in [2.05, 4.69) is 16.9 Å². The van der Waals surface area contributed by atoms with Crippen LogP contribution in [0.15, 0.2) is 53.9 Å². The molecule has 186 valence electrons. The van der Waals surface area contributed by atoms with Gasteiger partial charge in [-0.15, -0.1) is 0 Å². The van der Waals surface area contributed by atoms with Crippen molar-refractivity contribution in [3.8, 4) is 17.6 Å². The average Bonchev–Trinajstić information content (AvgIpc) is 3.42. The first-order valence-electron chi connectivity index (χ1n) is 11.2. The van der Waals surface area contributed by atoms with Crippen molar-refractivity contribution < 1.29 is 28.5 Å². The minimum Gasteiger partial charge on any atom is -0.497 e. The van der Waals surface area contributed by atoms with Crippen molar-refractivity contribution in [2.45, 2.75) is 17.7 Å². The van der Waals surface area contributed by atoms with Crippen LogP contribution in [0.3, 0.4) is 0 Å². The zero-order chi connectivity index (χ0) is 25.6. The molecular weight excluding hydrogens is 466 g/mol. The number of para-hydroxylation sites is 1. The zero-order valence-corrected chi connectivity index (χ0v) is 19.9. The van der Waals surface area contributed by atoms with Crippen LogP contribution in [0.5, 0.6) is 11.5 Å². The van der Waals surface area contributed by atoms with Gasteiger partial charge in [0.15, 0.2) is 6.23 Å². The lowest BCUT2D eigenvalue weighted by atomic mass is 9.61. The largest absolute Gasteiger partial charge is 0.497 e. The molecule has 0 bridgehead atoms. The number of hydrazine groups is 1. The Hall–Kier alpha value is -4.27. The molecule has 36 heavy (non-hydrogen) atoms. The van der Waals surface area contributed by atoms with Crippen molar-refractivity contribution in [2.24, 2.45) is 11.7 Å². The molecule has 3 aliphatic heterocycles. The Bertz CT molecular complexity index is 1320. The maximum Gasteiger partial charge on any atom is 0.325 e. The number of methoxy groups -OCH3 is 3. The molecule has 0 radical (unpaired) electrons. The number of esters is 1. The fraction of sp³-hybridized carbons (Fsp3) is 0.320. The molecule has 0 aliphatic carbocycles. The van der Waals surface area contributed by atoms with E-state index in [1.165, 1.54) is 12.0 Å². The molecule has 3 aliphatic rings. The summed E-state index contributed by atoms with van der Waals surface area (Å²) in [6.45, 7) is -0.320. The van der Waals surface area contributed by atoms with Gasteiger partial charge < -0.3 is 24.7 Å². The summed E-state index contributed by atoms with van der Waals surface area (Å²) >= 11 is 0. The van der Waals surface area contributed by atoms with Crippen LogP contribution in [0.1, 0.15) is 17.2 Å². The van der Waals surface area contributed by atoms with E-state index in [-0.39, 0.29) is 18.0 Å². The van der Waals surface area contributed by atoms with E-state index < -0.39 is 35.5 Å². The highest BCUT2D eigenvalue weighted by Gasteiger charge is 2.67. The van der Waals surface area contributed by atoms with E-state index in [1.807, 2.05) is 0 Å². The van der Waals surface area contributed by atoms with Crippen LogP contribution in [-0.4, -0.2) is 46.0 Å². The van der Waals surface area contributed by atoms with Gasteiger partial charge in [0, 0.05) is 11.3 Å². The van der Waals surface area contributed by atoms with E-state index in [9.17, 15) is 14.9 Å². The van der Waals surface area contributed by atoms with Gasteiger partial charge in [-0.25, -0.2) is 10.9 Å². The predicted molar refractivity (Wildman–Crippen MR) is 126 cm³/mol. The molecule has 0 saturated carbocycles. The summed E-state index contributed by atoms with van der Waals surface area (Å²) in [5, 5.41) is 10.3. The number of amides is 1. The monoisotopic (exact) mass is 491 g/mol. The van der Waals surface area contributed by atoms with Crippen LogP contribution >= 0.6 is 0 Å².